The Morgan fingerprint density at radius 2 is 1.58 bits per heavy atom. The van der Waals surface area contributed by atoms with E-state index in [-0.39, 0.29) is 18.0 Å². The van der Waals surface area contributed by atoms with Gasteiger partial charge in [0.2, 0.25) is 0 Å². The molecule has 0 saturated heterocycles. The van der Waals surface area contributed by atoms with Crippen molar-refractivity contribution < 1.29 is 14.3 Å². The summed E-state index contributed by atoms with van der Waals surface area (Å²) in [6, 6.07) is 17.6. The zero-order valence-corrected chi connectivity index (χ0v) is 18.8. The van der Waals surface area contributed by atoms with Crippen LogP contribution in [0.2, 0.25) is 0 Å². The molecule has 2 aromatic carbocycles. The maximum Gasteiger partial charge on any atom is 0.341 e. The Labute approximate surface area is 187 Å². The number of amides is 1. The standard InChI is InChI=1S/C26H27NO3S/c1-17(2)30-26(29)23-21-11-7-4-8-12-22(21)31-25(23)27-24(28)20-15-13-19(14-16-20)18-9-5-3-6-10-18/h3,5-6,9-10,13-17H,4,7-8,11-12H2,1-2H3,(H,27,28). The van der Waals surface area contributed by atoms with Gasteiger partial charge < -0.3 is 10.1 Å². The van der Waals surface area contributed by atoms with E-state index < -0.39 is 0 Å². The number of hydrogen-bond acceptors (Lipinski definition) is 4. The molecule has 31 heavy (non-hydrogen) atoms. The minimum absolute atomic E-state index is 0.206. The predicted molar refractivity (Wildman–Crippen MR) is 126 cm³/mol. The van der Waals surface area contributed by atoms with Crippen LogP contribution in [0.15, 0.2) is 54.6 Å². The first-order valence-electron chi connectivity index (χ1n) is 10.9. The van der Waals surface area contributed by atoms with Gasteiger partial charge in [0.15, 0.2) is 0 Å². The summed E-state index contributed by atoms with van der Waals surface area (Å²) in [6.45, 7) is 3.69. The van der Waals surface area contributed by atoms with E-state index in [0.717, 1.165) is 48.8 Å². The number of benzene rings is 2. The van der Waals surface area contributed by atoms with Crippen LogP contribution in [0.4, 0.5) is 5.00 Å². The zero-order chi connectivity index (χ0) is 21.8. The topological polar surface area (TPSA) is 55.4 Å². The van der Waals surface area contributed by atoms with Crippen LogP contribution in [0.5, 0.6) is 0 Å². The van der Waals surface area contributed by atoms with Crippen molar-refractivity contribution in [3.05, 3.63) is 76.2 Å². The second-order valence-electron chi connectivity index (χ2n) is 8.12. The van der Waals surface area contributed by atoms with E-state index >= 15 is 0 Å². The summed E-state index contributed by atoms with van der Waals surface area (Å²) >= 11 is 1.52. The first-order valence-corrected chi connectivity index (χ1v) is 11.7. The SMILES string of the molecule is CC(C)OC(=O)c1c(NC(=O)c2ccc(-c3ccccc3)cc2)sc2c1CCCCC2. The van der Waals surface area contributed by atoms with Crippen molar-refractivity contribution in [1.82, 2.24) is 0 Å². The molecule has 5 heteroatoms. The third-order valence-corrected chi connectivity index (χ3v) is 6.66. The Morgan fingerprint density at radius 3 is 2.29 bits per heavy atom. The van der Waals surface area contributed by atoms with E-state index in [9.17, 15) is 9.59 Å². The third kappa shape index (κ3) is 4.88. The highest BCUT2D eigenvalue weighted by molar-refractivity contribution is 7.17. The highest BCUT2D eigenvalue weighted by Gasteiger charge is 2.27. The highest BCUT2D eigenvalue weighted by Crippen LogP contribution is 2.38. The van der Waals surface area contributed by atoms with E-state index in [1.54, 1.807) is 0 Å². The summed E-state index contributed by atoms with van der Waals surface area (Å²) < 4.78 is 5.51. The Hall–Kier alpha value is -2.92. The van der Waals surface area contributed by atoms with Crippen LogP contribution >= 0.6 is 11.3 Å². The molecule has 1 N–H and O–H groups in total. The summed E-state index contributed by atoms with van der Waals surface area (Å²) in [7, 11) is 0. The fourth-order valence-corrected chi connectivity index (χ4v) is 5.21. The molecule has 1 amide bonds. The normalized spacial score (nSPS) is 13.4. The lowest BCUT2D eigenvalue weighted by molar-refractivity contribution is 0.0378. The monoisotopic (exact) mass is 433 g/mol. The molecular weight excluding hydrogens is 406 g/mol. The van der Waals surface area contributed by atoms with Crippen molar-refractivity contribution in [2.75, 3.05) is 5.32 Å². The number of ether oxygens (including phenoxy) is 1. The summed E-state index contributed by atoms with van der Waals surface area (Å²) in [5, 5.41) is 3.60. The molecule has 3 aromatic rings. The van der Waals surface area contributed by atoms with Crippen molar-refractivity contribution in [3.8, 4) is 11.1 Å². The van der Waals surface area contributed by atoms with Crippen molar-refractivity contribution in [2.24, 2.45) is 0 Å². The minimum Gasteiger partial charge on any atom is -0.459 e. The quantitative estimate of drug-likeness (QED) is 0.369. The number of carbonyl (C=O) groups is 2. The molecule has 0 fully saturated rings. The number of thiophene rings is 1. The molecule has 160 valence electrons. The van der Waals surface area contributed by atoms with Gasteiger partial charge in [-0.15, -0.1) is 11.3 Å². The second kappa shape index (κ2) is 9.48. The van der Waals surface area contributed by atoms with Gasteiger partial charge in [-0.1, -0.05) is 48.9 Å². The Morgan fingerprint density at radius 1 is 0.903 bits per heavy atom. The average Bonchev–Trinajstić information content (AvgIpc) is 2.94. The molecule has 1 heterocycles. The van der Waals surface area contributed by atoms with Gasteiger partial charge >= 0.3 is 5.97 Å². The van der Waals surface area contributed by atoms with E-state index in [4.69, 9.17) is 4.74 Å². The van der Waals surface area contributed by atoms with Crippen molar-refractivity contribution >= 4 is 28.2 Å². The Balaban J connectivity index is 1.59. The van der Waals surface area contributed by atoms with Crippen LogP contribution in [0.25, 0.3) is 11.1 Å². The average molecular weight is 434 g/mol. The molecular formula is C26H27NO3S. The zero-order valence-electron chi connectivity index (χ0n) is 17.9. The summed E-state index contributed by atoms with van der Waals surface area (Å²) in [5.41, 5.74) is 4.33. The first-order chi connectivity index (χ1) is 15.0. The Kier molecular flexibility index (Phi) is 6.52. The van der Waals surface area contributed by atoms with Crippen LogP contribution in [0, 0.1) is 0 Å². The molecule has 0 unspecified atom stereocenters. The lowest BCUT2D eigenvalue weighted by Crippen LogP contribution is -2.17. The van der Waals surface area contributed by atoms with Gasteiger partial charge in [-0.25, -0.2) is 4.79 Å². The molecule has 1 aromatic heterocycles. The van der Waals surface area contributed by atoms with Crippen LogP contribution in [-0.4, -0.2) is 18.0 Å². The fourth-order valence-electron chi connectivity index (χ4n) is 3.94. The molecule has 0 atom stereocenters. The van der Waals surface area contributed by atoms with Gasteiger partial charge in [-0.2, -0.15) is 0 Å². The first kappa shape index (κ1) is 21.3. The van der Waals surface area contributed by atoms with Gasteiger partial charge in [0.25, 0.3) is 5.91 Å². The molecule has 0 bridgehead atoms. The number of esters is 1. The maximum absolute atomic E-state index is 13.0. The van der Waals surface area contributed by atoms with Crippen LogP contribution < -0.4 is 5.32 Å². The van der Waals surface area contributed by atoms with Crippen LogP contribution in [0.1, 0.15) is 64.3 Å². The van der Waals surface area contributed by atoms with Gasteiger partial charge in [0.1, 0.15) is 5.00 Å². The smallest absolute Gasteiger partial charge is 0.341 e. The van der Waals surface area contributed by atoms with E-state index in [1.165, 1.54) is 16.2 Å². The molecule has 1 aliphatic carbocycles. The summed E-state index contributed by atoms with van der Waals surface area (Å²) in [5.74, 6) is -0.557. The number of carbonyl (C=O) groups excluding carboxylic acids is 2. The van der Waals surface area contributed by atoms with Gasteiger partial charge in [-0.05, 0) is 68.4 Å². The highest BCUT2D eigenvalue weighted by atomic mass is 32.1. The number of nitrogens with one attached hydrogen (secondary N) is 1. The third-order valence-electron chi connectivity index (χ3n) is 5.45. The van der Waals surface area contributed by atoms with Gasteiger partial charge in [0, 0.05) is 10.4 Å². The molecule has 4 nitrogen and oxygen atoms in total. The number of hydrogen-bond donors (Lipinski definition) is 1. The van der Waals surface area contributed by atoms with Gasteiger partial charge in [-0.3, -0.25) is 4.79 Å². The lowest BCUT2D eigenvalue weighted by atomic mass is 10.0. The lowest BCUT2D eigenvalue weighted by Gasteiger charge is -2.12. The molecule has 0 saturated carbocycles. The largest absolute Gasteiger partial charge is 0.459 e. The molecule has 1 aliphatic rings. The number of rotatable bonds is 5. The molecule has 0 radical (unpaired) electrons. The second-order valence-corrected chi connectivity index (χ2v) is 9.23. The molecule has 0 spiro atoms. The summed E-state index contributed by atoms with van der Waals surface area (Å²) in [4.78, 5) is 27.1. The van der Waals surface area contributed by atoms with E-state index in [1.807, 2.05) is 68.4 Å². The predicted octanol–water partition coefficient (Wildman–Crippen LogP) is 6.50. The van der Waals surface area contributed by atoms with E-state index in [2.05, 4.69) is 5.32 Å². The van der Waals surface area contributed by atoms with Crippen LogP contribution in [-0.2, 0) is 17.6 Å². The van der Waals surface area contributed by atoms with E-state index in [0.29, 0.717) is 16.1 Å². The summed E-state index contributed by atoms with van der Waals surface area (Å²) in [6.07, 6.45) is 4.93. The number of fused-ring (bicyclic) bond motifs is 1. The van der Waals surface area contributed by atoms with Crippen molar-refractivity contribution in [1.29, 1.82) is 0 Å². The number of anilines is 1. The van der Waals surface area contributed by atoms with Crippen molar-refractivity contribution in [2.45, 2.75) is 52.1 Å². The molecule has 0 aliphatic heterocycles. The maximum atomic E-state index is 13.0. The molecule has 4 rings (SSSR count). The minimum atomic E-state index is -0.343. The van der Waals surface area contributed by atoms with Crippen LogP contribution in [0.3, 0.4) is 0 Å². The fraction of sp³-hybridized carbons (Fsp3) is 0.308. The number of aryl methyl sites for hydroxylation is 1. The van der Waals surface area contributed by atoms with Crippen molar-refractivity contribution in [3.63, 3.8) is 0 Å². The Bertz CT molecular complexity index is 1070. The van der Waals surface area contributed by atoms with Gasteiger partial charge in [0.05, 0.1) is 11.7 Å².